The summed E-state index contributed by atoms with van der Waals surface area (Å²) in [5.41, 5.74) is 1.19. The fraction of sp³-hybridized carbons (Fsp3) is 0.625. The van der Waals surface area contributed by atoms with E-state index in [1.165, 1.54) is 0 Å². The fourth-order valence-electron chi connectivity index (χ4n) is 2.51. The quantitative estimate of drug-likeness (QED) is 0.869. The van der Waals surface area contributed by atoms with Crippen molar-refractivity contribution in [3.8, 4) is 0 Å². The summed E-state index contributed by atoms with van der Waals surface area (Å²) in [6.45, 7) is 8.82. The van der Waals surface area contributed by atoms with Gasteiger partial charge in [0.25, 0.3) is 0 Å². The average molecular weight is 310 g/mol. The first-order chi connectivity index (χ1) is 9.79. The van der Waals surface area contributed by atoms with Crippen molar-refractivity contribution in [1.82, 2.24) is 10.6 Å². The second-order valence-corrected chi connectivity index (χ2v) is 8.85. The molecule has 2 rings (SSSR count). The maximum atomic E-state index is 12.3. The number of rotatable bonds is 5. The third-order valence-corrected chi connectivity index (χ3v) is 5.68. The molecule has 1 atom stereocenters. The molecule has 4 nitrogen and oxygen atoms in total. The van der Waals surface area contributed by atoms with Gasteiger partial charge in [0.15, 0.2) is 9.84 Å². The molecule has 0 amide bonds. The van der Waals surface area contributed by atoms with E-state index in [2.05, 4.69) is 31.4 Å². The van der Waals surface area contributed by atoms with Crippen LogP contribution >= 0.6 is 0 Å². The molecule has 118 valence electrons. The van der Waals surface area contributed by atoms with E-state index < -0.39 is 9.84 Å². The van der Waals surface area contributed by atoms with E-state index >= 15 is 0 Å². The Bertz CT molecular complexity index is 553. The highest BCUT2D eigenvalue weighted by molar-refractivity contribution is 7.91. The topological polar surface area (TPSA) is 58.2 Å². The molecule has 5 heteroatoms. The lowest BCUT2D eigenvalue weighted by atomic mass is 9.87. The lowest BCUT2D eigenvalue weighted by Gasteiger charge is -2.19. The van der Waals surface area contributed by atoms with E-state index in [-0.39, 0.29) is 11.2 Å². The van der Waals surface area contributed by atoms with E-state index in [4.69, 9.17) is 0 Å². The number of hydrogen-bond donors (Lipinski definition) is 2. The third-order valence-electron chi connectivity index (χ3n) is 3.94. The van der Waals surface area contributed by atoms with E-state index in [0.717, 1.165) is 25.1 Å². The number of nitrogens with one attached hydrogen (secondary N) is 2. The van der Waals surface area contributed by atoms with Gasteiger partial charge in [-0.15, -0.1) is 0 Å². The normalized spacial score (nSPS) is 19.9. The van der Waals surface area contributed by atoms with Crippen LogP contribution in [0.25, 0.3) is 0 Å². The molecule has 0 aliphatic carbocycles. The van der Waals surface area contributed by atoms with Gasteiger partial charge in [-0.3, -0.25) is 0 Å². The van der Waals surface area contributed by atoms with Crippen LogP contribution in [-0.4, -0.2) is 39.8 Å². The first kappa shape index (κ1) is 16.5. The zero-order chi connectivity index (χ0) is 15.5. The Hall–Kier alpha value is -0.910. The molecule has 0 aromatic heterocycles. The molecule has 1 unspecified atom stereocenters. The Labute approximate surface area is 128 Å². The first-order valence-corrected chi connectivity index (χ1v) is 9.22. The molecule has 0 bridgehead atoms. The van der Waals surface area contributed by atoms with Gasteiger partial charge in [-0.25, -0.2) is 8.42 Å². The molecular formula is C16H26N2O2S. The second kappa shape index (κ2) is 6.46. The highest BCUT2D eigenvalue weighted by Gasteiger charge is 2.19. The third kappa shape index (κ3) is 4.53. The molecule has 0 spiro atoms. The molecule has 1 aliphatic heterocycles. The number of benzene rings is 1. The van der Waals surface area contributed by atoms with Crippen molar-refractivity contribution in [2.45, 2.75) is 43.5 Å². The van der Waals surface area contributed by atoms with Crippen LogP contribution in [0.15, 0.2) is 29.2 Å². The molecule has 0 radical (unpaired) electrons. The van der Waals surface area contributed by atoms with Crippen molar-refractivity contribution in [3.05, 3.63) is 29.8 Å². The van der Waals surface area contributed by atoms with Crippen LogP contribution in [0, 0.1) is 0 Å². The van der Waals surface area contributed by atoms with Crippen LogP contribution in [-0.2, 0) is 15.3 Å². The van der Waals surface area contributed by atoms with Crippen molar-refractivity contribution < 1.29 is 8.42 Å². The average Bonchev–Trinajstić information content (AvgIpc) is 2.91. The minimum absolute atomic E-state index is 0.0410. The van der Waals surface area contributed by atoms with E-state index in [1.807, 2.05) is 12.1 Å². The molecule has 0 saturated carbocycles. The van der Waals surface area contributed by atoms with Crippen molar-refractivity contribution in [2.24, 2.45) is 0 Å². The summed E-state index contributed by atoms with van der Waals surface area (Å²) in [6, 6.07) is 7.70. The summed E-state index contributed by atoms with van der Waals surface area (Å²) in [5.74, 6) is 0.151. The SMILES string of the molecule is CC(C)(C)c1ccc(S(=O)(=O)CCNC2CCNC2)cc1. The molecule has 1 saturated heterocycles. The molecular weight excluding hydrogens is 284 g/mol. The maximum absolute atomic E-state index is 12.3. The zero-order valence-electron chi connectivity index (χ0n) is 13.1. The van der Waals surface area contributed by atoms with Crippen LogP contribution < -0.4 is 10.6 Å². The first-order valence-electron chi connectivity index (χ1n) is 7.56. The summed E-state index contributed by atoms with van der Waals surface area (Å²) in [4.78, 5) is 0.418. The van der Waals surface area contributed by atoms with Crippen molar-refractivity contribution >= 4 is 9.84 Å². The Morgan fingerprint density at radius 1 is 1.24 bits per heavy atom. The molecule has 1 fully saturated rings. The van der Waals surface area contributed by atoms with E-state index in [1.54, 1.807) is 12.1 Å². The maximum Gasteiger partial charge on any atom is 0.179 e. The van der Waals surface area contributed by atoms with Crippen molar-refractivity contribution in [3.63, 3.8) is 0 Å². The van der Waals surface area contributed by atoms with Crippen molar-refractivity contribution in [1.29, 1.82) is 0 Å². The highest BCUT2D eigenvalue weighted by atomic mass is 32.2. The van der Waals surface area contributed by atoms with Gasteiger partial charge in [0.1, 0.15) is 0 Å². The van der Waals surface area contributed by atoms with Crippen LogP contribution in [0.5, 0.6) is 0 Å². The van der Waals surface area contributed by atoms with Crippen LogP contribution in [0.3, 0.4) is 0 Å². The van der Waals surface area contributed by atoms with Gasteiger partial charge in [-0.1, -0.05) is 32.9 Å². The fourth-order valence-corrected chi connectivity index (χ4v) is 3.68. The molecule has 1 aromatic carbocycles. The second-order valence-electron chi connectivity index (χ2n) is 6.74. The summed E-state index contributed by atoms with van der Waals surface area (Å²) in [5, 5.41) is 6.56. The summed E-state index contributed by atoms with van der Waals surface area (Å²) >= 11 is 0. The van der Waals surface area contributed by atoms with Gasteiger partial charge >= 0.3 is 0 Å². The van der Waals surface area contributed by atoms with E-state index in [9.17, 15) is 8.42 Å². The molecule has 1 aliphatic rings. The van der Waals surface area contributed by atoms with Crippen LogP contribution in [0.4, 0.5) is 0 Å². The smallest absolute Gasteiger partial charge is 0.179 e. The predicted molar refractivity (Wildman–Crippen MR) is 86.5 cm³/mol. The van der Waals surface area contributed by atoms with Crippen molar-refractivity contribution in [2.75, 3.05) is 25.4 Å². The number of hydrogen-bond acceptors (Lipinski definition) is 4. The van der Waals surface area contributed by atoms with Gasteiger partial charge in [0.05, 0.1) is 10.6 Å². The van der Waals surface area contributed by atoms with Gasteiger partial charge in [-0.05, 0) is 36.1 Å². The minimum atomic E-state index is -3.20. The number of sulfone groups is 1. The monoisotopic (exact) mass is 310 g/mol. The van der Waals surface area contributed by atoms with Gasteiger partial charge in [-0.2, -0.15) is 0 Å². The van der Waals surface area contributed by atoms with Gasteiger partial charge < -0.3 is 10.6 Å². The highest BCUT2D eigenvalue weighted by Crippen LogP contribution is 2.23. The lowest BCUT2D eigenvalue weighted by Crippen LogP contribution is -2.34. The van der Waals surface area contributed by atoms with Crippen LogP contribution in [0.1, 0.15) is 32.8 Å². The Kier molecular flexibility index (Phi) is 5.07. The minimum Gasteiger partial charge on any atom is -0.315 e. The van der Waals surface area contributed by atoms with Gasteiger partial charge in [0.2, 0.25) is 0 Å². The predicted octanol–water partition coefficient (Wildman–Crippen LogP) is 1.71. The van der Waals surface area contributed by atoms with E-state index in [0.29, 0.717) is 17.5 Å². The zero-order valence-corrected chi connectivity index (χ0v) is 14.0. The Morgan fingerprint density at radius 3 is 2.43 bits per heavy atom. The Morgan fingerprint density at radius 2 is 1.90 bits per heavy atom. The summed E-state index contributed by atoms with van der Waals surface area (Å²) in [7, 11) is -3.20. The largest absolute Gasteiger partial charge is 0.315 e. The molecule has 1 aromatic rings. The Balaban J connectivity index is 1.95. The molecule has 2 N–H and O–H groups in total. The summed E-state index contributed by atoms with van der Waals surface area (Å²) < 4.78 is 24.6. The van der Waals surface area contributed by atoms with Crippen LogP contribution in [0.2, 0.25) is 0 Å². The molecule has 1 heterocycles. The summed E-state index contributed by atoms with van der Waals surface area (Å²) in [6.07, 6.45) is 1.07. The van der Waals surface area contributed by atoms with Gasteiger partial charge in [0, 0.05) is 19.1 Å². The molecule has 21 heavy (non-hydrogen) atoms. The lowest BCUT2D eigenvalue weighted by molar-refractivity contribution is 0.555. The standard InChI is InChI=1S/C16H26N2O2S/c1-16(2,3)13-4-6-15(7-5-13)21(19,20)11-10-18-14-8-9-17-12-14/h4-7,14,17-18H,8-12H2,1-3H3.